The number of rotatable bonds is 3. The molecule has 1 aliphatic heterocycles. The van der Waals surface area contributed by atoms with Crippen molar-refractivity contribution in [3.05, 3.63) is 46.8 Å². The molecule has 0 N–H and O–H groups in total. The van der Waals surface area contributed by atoms with E-state index < -0.39 is 11.7 Å². The van der Waals surface area contributed by atoms with Crippen LogP contribution in [0.2, 0.25) is 0 Å². The van der Waals surface area contributed by atoms with Crippen LogP contribution in [-0.4, -0.2) is 29.2 Å². The molecule has 8 heteroatoms. The maximum Gasteiger partial charge on any atom is 0.416 e. The molecule has 122 valence electrons. The van der Waals surface area contributed by atoms with Crippen LogP contribution in [0.15, 0.2) is 41.3 Å². The zero-order valence-corrected chi connectivity index (χ0v) is 13.5. The molecule has 1 atom stereocenters. The van der Waals surface area contributed by atoms with Crippen molar-refractivity contribution < 1.29 is 17.9 Å². The number of alkyl halides is 3. The second kappa shape index (κ2) is 6.35. The van der Waals surface area contributed by atoms with Crippen molar-refractivity contribution in [3.8, 4) is 5.75 Å². The summed E-state index contributed by atoms with van der Waals surface area (Å²) in [5, 5.41) is 0. The maximum absolute atomic E-state index is 12.8. The van der Waals surface area contributed by atoms with Gasteiger partial charge >= 0.3 is 6.18 Å². The average Bonchev–Trinajstić information content (AvgIpc) is 2.98. The molecule has 0 aromatic carbocycles. The summed E-state index contributed by atoms with van der Waals surface area (Å²) in [6.07, 6.45) is 0.690. The van der Waals surface area contributed by atoms with E-state index in [0.29, 0.717) is 31.1 Å². The van der Waals surface area contributed by atoms with Gasteiger partial charge in [0.1, 0.15) is 17.7 Å². The van der Waals surface area contributed by atoms with Crippen molar-refractivity contribution in [2.24, 2.45) is 0 Å². The molecular weight excluding hydrogens is 375 g/mol. The highest BCUT2D eigenvalue weighted by Crippen LogP contribution is 2.32. The van der Waals surface area contributed by atoms with E-state index in [2.05, 4.69) is 25.9 Å². The Bertz CT molecular complexity index is 696. The van der Waals surface area contributed by atoms with Crippen LogP contribution in [-0.2, 0) is 6.18 Å². The van der Waals surface area contributed by atoms with Crippen molar-refractivity contribution in [1.82, 2.24) is 9.97 Å². The fraction of sp³-hybridized carbons (Fsp3) is 0.333. The number of pyridine rings is 2. The third-order valence-corrected chi connectivity index (χ3v) is 4.17. The van der Waals surface area contributed by atoms with E-state index >= 15 is 0 Å². The third kappa shape index (κ3) is 3.74. The molecule has 0 aliphatic carbocycles. The monoisotopic (exact) mass is 387 g/mol. The lowest BCUT2D eigenvalue weighted by molar-refractivity contribution is -0.137. The number of halogens is 4. The Labute approximate surface area is 139 Å². The van der Waals surface area contributed by atoms with Gasteiger partial charge in [0.15, 0.2) is 0 Å². The smallest absolute Gasteiger partial charge is 0.416 e. The molecule has 0 bridgehead atoms. The first kappa shape index (κ1) is 16.0. The maximum atomic E-state index is 12.8. The highest BCUT2D eigenvalue weighted by molar-refractivity contribution is 9.10. The summed E-state index contributed by atoms with van der Waals surface area (Å²) < 4.78 is 45.0. The number of hydrogen-bond acceptors (Lipinski definition) is 4. The zero-order valence-electron chi connectivity index (χ0n) is 11.9. The molecule has 0 saturated carbocycles. The fourth-order valence-electron chi connectivity index (χ4n) is 2.44. The van der Waals surface area contributed by atoms with Crippen molar-refractivity contribution in [2.45, 2.75) is 18.7 Å². The lowest BCUT2D eigenvalue weighted by Crippen LogP contribution is -2.25. The van der Waals surface area contributed by atoms with Crippen LogP contribution >= 0.6 is 15.9 Å². The molecule has 0 spiro atoms. The van der Waals surface area contributed by atoms with Crippen LogP contribution in [0, 0.1) is 0 Å². The third-order valence-electron chi connectivity index (χ3n) is 3.57. The van der Waals surface area contributed by atoms with Crippen molar-refractivity contribution in [1.29, 1.82) is 0 Å². The molecular formula is C15H13BrF3N3O. The van der Waals surface area contributed by atoms with Gasteiger partial charge in [0.2, 0.25) is 0 Å². The Hall–Kier alpha value is -1.83. The molecule has 1 saturated heterocycles. The molecule has 2 aromatic rings. The Morgan fingerprint density at radius 1 is 1.26 bits per heavy atom. The van der Waals surface area contributed by atoms with E-state index in [1.807, 2.05) is 0 Å². The molecule has 1 fully saturated rings. The number of aromatic nitrogens is 2. The summed E-state index contributed by atoms with van der Waals surface area (Å²) in [5.74, 6) is 0.989. The van der Waals surface area contributed by atoms with Gasteiger partial charge in [-0.1, -0.05) is 0 Å². The van der Waals surface area contributed by atoms with E-state index in [-0.39, 0.29) is 6.10 Å². The van der Waals surface area contributed by atoms with E-state index in [1.165, 1.54) is 6.20 Å². The van der Waals surface area contributed by atoms with Gasteiger partial charge in [0.25, 0.3) is 0 Å². The largest absolute Gasteiger partial charge is 0.487 e. The van der Waals surface area contributed by atoms with Crippen LogP contribution in [0.3, 0.4) is 0 Å². The first-order valence-corrected chi connectivity index (χ1v) is 7.77. The second-order valence-electron chi connectivity index (χ2n) is 5.18. The Kier molecular flexibility index (Phi) is 4.43. The summed E-state index contributed by atoms with van der Waals surface area (Å²) in [6, 6.07) is 3.79. The summed E-state index contributed by atoms with van der Waals surface area (Å²) in [7, 11) is 0. The second-order valence-corrected chi connectivity index (χ2v) is 6.04. The number of ether oxygens (including phenoxy) is 1. The fourth-order valence-corrected chi connectivity index (χ4v) is 2.78. The predicted molar refractivity (Wildman–Crippen MR) is 82.4 cm³/mol. The standard InChI is InChI=1S/C15H13BrF3N3O/c16-12-8-20-4-2-13(12)23-11-3-6-22(9-11)14-7-10(1-5-21-14)15(17,18)19/h1-2,4-5,7-8,11H,3,6,9H2. The van der Waals surface area contributed by atoms with Gasteiger partial charge in [0, 0.05) is 31.6 Å². The van der Waals surface area contributed by atoms with Gasteiger partial charge < -0.3 is 9.64 Å². The van der Waals surface area contributed by atoms with Gasteiger partial charge in [-0.3, -0.25) is 4.98 Å². The quantitative estimate of drug-likeness (QED) is 0.799. The molecule has 1 unspecified atom stereocenters. The number of anilines is 1. The zero-order chi connectivity index (χ0) is 16.4. The Balaban J connectivity index is 1.69. The topological polar surface area (TPSA) is 38.2 Å². The number of nitrogens with zero attached hydrogens (tertiary/aromatic N) is 3. The summed E-state index contributed by atoms with van der Waals surface area (Å²) in [6.45, 7) is 1.09. The van der Waals surface area contributed by atoms with Crippen molar-refractivity contribution in [3.63, 3.8) is 0 Å². The van der Waals surface area contributed by atoms with Gasteiger partial charge in [-0.15, -0.1) is 0 Å². The van der Waals surface area contributed by atoms with Gasteiger partial charge in [-0.25, -0.2) is 4.98 Å². The van der Waals surface area contributed by atoms with Crippen LogP contribution in [0.4, 0.5) is 19.0 Å². The van der Waals surface area contributed by atoms with Crippen LogP contribution in [0.1, 0.15) is 12.0 Å². The van der Waals surface area contributed by atoms with Crippen LogP contribution in [0.25, 0.3) is 0 Å². The Morgan fingerprint density at radius 3 is 2.83 bits per heavy atom. The SMILES string of the molecule is FC(F)(F)c1ccnc(N2CCC(Oc3ccncc3Br)C2)c1. The van der Waals surface area contributed by atoms with E-state index in [9.17, 15) is 13.2 Å². The average molecular weight is 388 g/mol. The van der Waals surface area contributed by atoms with Gasteiger partial charge in [-0.2, -0.15) is 13.2 Å². The molecule has 2 aromatic heterocycles. The first-order valence-electron chi connectivity index (χ1n) is 6.98. The van der Waals surface area contributed by atoms with Gasteiger partial charge in [0.05, 0.1) is 16.6 Å². The number of hydrogen-bond donors (Lipinski definition) is 0. The lowest BCUT2D eigenvalue weighted by atomic mass is 10.2. The lowest BCUT2D eigenvalue weighted by Gasteiger charge is -2.19. The minimum atomic E-state index is -4.37. The molecule has 23 heavy (non-hydrogen) atoms. The molecule has 3 rings (SSSR count). The predicted octanol–water partition coefficient (Wildman–Crippen LogP) is 3.92. The highest BCUT2D eigenvalue weighted by atomic mass is 79.9. The van der Waals surface area contributed by atoms with Gasteiger partial charge in [-0.05, 0) is 34.1 Å². The summed E-state index contributed by atoms with van der Waals surface area (Å²) in [5.41, 5.74) is -0.691. The summed E-state index contributed by atoms with van der Waals surface area (Å²) in [4.78, 5) is 9.81. The Morgan fingerprint density at radius 2 is 2.09 bits per heavy atom. The first-order chi connectivity index (χ1) is 10.9. The molecule has 3 heterocycles. The molecule has 1 aliphatic rings. The minimum absolute atomic E-state index is 0.106. The van der Waals surface area contributed by atoms with Crippen molar-refractivity contribution in [2.75, 3.05) is 18.0 Å². The highest BCUT2D eigenvalue weighted by Gasteiger charge is 2.32. The van der Waals surface area contributed by atoms with Crippen molar-refractivity contribution >= 4 is 21.7 Å². The van der Waals surface area contributed by atoms with E-state index in [1.54, 1.807) is 23.4 Å². The molecule has 4 nitrogen and oxygen atoms in total. The molecule has 0 amide bonds. The minimum Gasteiger partial charge on any atom is -0.487 e. The van der Waals surface area contributed by atoms with E-state index in [0.717, 1.165) is 16.6 Å². The molecule has 0 radical (unpaired) electrons. The van der Waals surface area contributed by atoms with Crippen LogP contribution in [0.5, 0.6) is 5.75 Å². The van der Waals surface area contributed by atoms with E-state index in [4.69, 9.17) is 4.74 Å². The summed E-state index contributed by atoms with van der Waals surface area (Å²) >= 11 is 3.36. The van der Waals surface area contributed by atoms with Crippen LogP contribution < -0.4 is 9.64 Å². The normalized spacial score (nSPS) is 18.3.